The summed E-state index contributed by atoms with van der Waals surface area (Å²) in [6.07, 6.45) is 3.20. The Hall–Kier alpha value is -2.69. The highest BCUT2D eigenvalue weighted by atomic mass is 16.4. The summed E-state index contributed by atoms with van der Waals surface area (Å²) >= 11 is 0. The quantitative estimate of drug-likeness (QED) is 0.906. The Labute approximate surface area is 121 Å². The minimum absolute atomic E-state index is 0.0956. The number of benzene rings is 1. The smallest absolute Gasteiger partial charge is 0.354 e. The number of aromatic nitrogens is 1. The van der Waals surface area contributed by atoms with Gasteiger partial charge in [0.25, 0.3) is 5.91 Å². The van der Waals surface area contributed by atoms with Gasteiger partial charge in [-0.25, -0.2) is 9.78 Å². The first-order chi connectivity index (χ1) is 10.1. The Morgan fingerprint density at radius 2 is 1.90 bits per heavy atom. The summed E-state index contributed by atoms with van der Waals surface area (Å²) < 4.78 is 0. The number of hydrogen-bond acceptors (Lipinski definition) is 3. The third-order valence-electron chi connectivity index (χ3n) is 3.57. The van der Waals surface area contributed by atoms with Gasteiger partial charge in [0.05, 0.1) is 0 Å². The van der Waals surface area contributed by atoms with E-state index in [4.69, 9.17) is 5.11 Å². The number of rotatable bonds is 3. The molecule has 5 nitrogen and oxygen atoms in total. The fourth-order valence-electron chi connectivity index (χ4n) is 2.52. The summed E-state index contributed by atoms with van der Waals surface area (Å²) in [5, 5.41) is 11.5. The van der Waals surface area contributed by atoms with Crippen LogP contribution in [0.2, 0.25) is 0 Å². The van der Waals surface area contributed by atoms with E-state index in [0.29, 0.717) is 5.56 Å². The number of aromatic carboxylic acids is 1. The van der Waals surface area contributed by atoms with Crippen molar-refractivity contribution in [3.05, 3.63) is 58.8 Å². The number of carbonyl (C=O) groups is 2. The molecule has 1 amide bonds. The Bertz CT molecular complexity index is 725. The maximum absolute atomic E-state index is 12.2. The van der Waals surface area contributed by atoms with E-state index < -0.39 is 5.97 Å². The number of carbonyl (C=O) groups excluding carboxylic acids is 1. The van der Waals surface area contributed by atoms with Gasteiger partial charge in [-0.1, -0.05) is 12.1 Å². The normalized spacial score (nSPS) is 12.8. The van der Waals surface area contributed by atoms with Crippen molar-refractivity contribution in [1.29, 1.82) is 0 Å². The van der Waals surface area contributed by atoms with Gasteiger partial charge in [0.1, 0.15) is 5.82 Å². The largest absolute Gasteiger partial charge is 0.477 e. The lowest BCUT2D eigenvalue weighted by Gasteiger charge is -2.07. The highest BCUT2D eigenvalue weighted by Gasteiger charge is 2.14. The number of carboxylic acids is 1. The lowest BCUT2D eigenvalue weighted by Crippen LogP contribution is -2.14. The van der Waals surface area contributed by atoms with E-state index in [1.54, 1.807) is 18.2 Å². The van der Waals surface area contributed by atoms with Crippen LogP contribution in [0.15, 0.2) is 36.4 Å². The van der Waals surface area contributed by atoms with Crippen LogP contribution in [0.4, 0.5) is 5.82 Å². The first-order valence-corrected chi connectivity index (χ1v) is 6.77. The van der Waals surface area contributed by atoms with Crippen LogP contribution in [0.25, 0.3) is 0 Å². The Morgan fingerprint density at radius 1 is 1.10 bits per heavy atom. The average molecular weight is 282 g/mol. The Kier molecular flexibility index (Phi) is 3.39. The lowest BCUT2D eigenvalue weighted by molar-refractivity contribution is 0.0690. The SMILES string of the molecule is O=C(Nc1cccc(C(=O)O)n1)c1ccc2c(c1)CCC2. The molecule has 21 heavy (non-hydrogen) atoms. The molecule has 1 aromatic carbocycles. The second kappa shape index (κ2) is 5.36. The van der Waals surface area contributed by atoms with Gasteiger partial charge in [0.2, 0.25) is 0 Å². The summed E-state index contributed by atoms with van der Waals surface area (Å²) in [6, 6.07) is 10.2. The molecule has 2 aromatic rings. The number of carboxylic acid groups (broad SMARTS) is 1. The molecule has 0 aliphatic heterocycles. The second-order valence-electron chi connectivity index (χ2n) is 5.00. The fourth-order valence-corrected chi connectivity index (χ4v) is 2.52. The van der Waals surface area contributed by atoms with Crippen LogP contribution in [0.5, 0.6) is 0 Å². The van der Waals surface area contributed by atoms with Crippen molar-refractivity contribution in [2.24, 2.45) is 0 Å². The molecular formula is C16H14N2O3. The number of pyridine rings is 1. The Morgan fingerprint density at radius 3 is 2.71 bits per heavy atom. The van der Waals surface area contributed by atoms with Gasteiger partial charge in [-0.3, -0.25) is 4.79 Å². The molecule has 0 spiro atoms. The van der Waals surface area contributed by atoms with E-state index in [1.807, 2.05) is 12.1 Å². The third kappa shape index (κ3) is 2.76. The van der Waals surface area contributed by atoms with Crippen molar-refractivity contribution in [2.75, 3.05) is 5.32 Å². The van der Waals surface area contributed by atoms with Crippen molar-refractivity contribution in [3.63, 3.8) is 0 Å². The molecule has 2 N–H and O–H groups in total. The number of nitrogens with one attached hydrogen (secondary N) is 1. The second-order valence-corrected chi connectivity index (χ2v) is 5.00. The fraction of sp³-hybridized carbons (Fsp3) is 0.188. The molecule has 1 aliphatic carbocycles. The summed E-state index contributed by atoms with van der Waals surface area (Å²) in [5.41, 5.74) is 2.99. The van der Waals surface area contributed by atoms with Gasteiger partial charge in [-0.15, -0.1) is 0 Å². The molecule has 1 heterocycles. The third-order valence-corrected chi connectivity index (χ3v) is 3.57. The standard InChI is InChI=1S/C16H14N2O3/c19-15(12-8-7-10-3-1-4-11(10)9-12)18-14-6-2-5-13(17-14)16(20)21/h2,5-9H,1,3-4H2,(H,20,21)(H,17,18,19). The van der Waals surface area contributed by atoms with Gasteiger partial charge in [0.15, 0.2) is 5.69 Å². The summed E-state index contributed by atoms with van der Waals surface area (Å²) in [5.74, 6) is -1.16. The minimum atomic E-state index is -1.12. The molecule has 5 heteroatoms. The number of nitrogens with zero attached hydrogens (tertiary/aromatic N) is 1. The molecule has 0 unspecified atom stereocenters. The average Bonchev–Trinajstić information content (AvgIpc) is 2.94. The molecule has 0 saturated carbocycles. The van der Waals surface area contributed by atoms with Gasteiger partial charge >= 0.3 is 5.97 Å². The first-order valence-electron chi connectivity index (χ1n) is 6.77. The monoisotopic (exact) mass is 282 g/mol. The van der Waals surface area contributed by atoms with Gasteiger partial charge in [-0.2, -0.15) is 0 Å². The number of fused-ring (bicyclic) bond motifs is 1. The van der Waals surface area contributed by atoms with Crippen LogP contribution >= 0.6 is 0 Å². The van der Waals surface area contributed by atoms with Crippen LogP contribution in [0.3, 0.4) is 0 Å². The summed E-state index contributed by atoms with van der Waals surface area (Å²) in [6.45, 7) is 0. The Balaban J connectivity index is 1.80. The van der Waals surface area contributed by atoms with Crippen LogP contribution in [0, 0.1) is 0 Å². The van der Waals surface area contributed by atoms with Crippen molar-refractivity contribution >= 4 is 17.7 Å². The molecule has 1 aliphatic rings. The van der Waals surface area contributed by atoms with Crippen LogP contribution in [0.1, 0.15) is 38.4 Å². The van der Waals surface area contributed by atoms with Crippen molar-refractivity contribution < 1.29 is 14.7 Å². The maximum Gasteiger partial charge on any atom is 0.354 e. The highest BCUT2D eigenvalue weighted by Crippen LogP contribution is 2.23. The topological polar surface area (TPSA) is 79.3 Å². The summed E-state index contributed by atoms with van der Waals surface area (Å²) in [4.78, 5) is 26.9. The van der Waals surface area contributed by atoms with Gasteiger partial charge in [0, 0.05) is 5.56 Å². The lowest BCUT2D eigenvalue weighted by atomic mass is 10.1. The molecule has 0 radical (unpaired) electrons. The van der Waals surface area contributed by atoms with E-state index in [2.05, 4.69) is 10.3 Å². The molecular weight excluding hydrogens is 268 g/mol. The van der Waals surface area contributed by atoms with E-state index in [0.717, 1.165) is 19.3 Å². The van der Waals surface area contributed by atoms with Crippen molar-refractivity contribution in [1.82, 2.24) is 4.98 Å². The van der Waals surface area contributed by atoms with E-state index in [-0.39, 0.29) is 17.4 Å². The molecule has 0 atom stereocenters. The van der Waals surface area contributed by atoms with Gasteiger partial charge < -0.3 is 10.4 Å². The van der Waals surface area contributed by atoms with Crippen molar-refractivity contribution in [3.8, 4) is 0 Å². The van der Waals surface area contributed by atoms with Crippen LogP contribution < -0.4 is 5.32 Å². The number of anilines is 1. The van der Waals surface area contributed by atoms with Gasteiger partial charge in [-0.05, 0) is 54.7 Å². The highest BCUT2D eigenvalue weighted by molar-refractivity contribution is 6.04. The van der Waals surface area contributed by atoms with Crippen LogP contribution in [-0.4, -0.2) is 22.0 Å². The molecule has 1 aromatic heterocycles. The molecule has 3 rings (SSSR count). The number of hydrogen-bond donors (Lipinski definition) is 2. The first kappa shape index (κ1) is 13.3. The maximum atomic E-state index is 12.2. The molecule has 0 bridgehead atoms. The molecule has 106 valence electrons. The number of amides is 1. The zero-order valence-corrected chi connectivity index (χ0v) is 11.3. The van der Waals surface area contributed by atoms with E-state index >= 15 is 0 Å². The summed E-state index contributed by atoms with van der Waals surface area (Å²) in [7, 11) is 0. The predicted octanol–water partition coefficient (Wildman–Crippen LogP) is 2.52. The van der Waals surface area contributed by atoms with E-state index in [1.165, 1.54) is 17.2 Å². The van der Waals surface area contributed by atoms with E-state index in [9.17, 15) is 9.59 Å². The molecule has 0 saturated heterocycles. The molecule has 0 fully saturated rings. The van der Waals surface area contributed by atoms with Crippen molar-refractivity contribution in [2.45, 2.75) is 19.3 Å². The van der Waals surface area contributed by atoms with Crippen LogP contribution in [-0.2, 0) is 12.8 Å². The zero-order valence-electron chi connectivity index (χ0n) is 11.3. The number of aryl methyl sites for hydroxylation is 2. The predicted molar refractivity (Wildman–Crippen MR) is 77.6 cm³/mol. The zero-order chi connectivity index (χ0) is 14.8. The minimum Gasteiger partial charge on any atom is -0.477 e.